The first-order chi connectivity index (χ1) is 15.8. The quantitative estimate of drug-likeness (QED) is 0.357. The Hall–Kier alpha value is -4.38. The molecule has 5 aromatic heterocycles. The van der Waals surface area contributed by atoms with Crippen LogP contribution in [0.2, 0.25) is 0 Å². The third-order valence-electron chi connectivity index (χ3n) is 5.60. The summed E-state index contributed by atoms with van der Waals surface area (Å²) in [5.74, 6) is 0. The smallest absolute Gasteiger partial charge is 0.145 e. The van der Waals surface area contributed by atoms with Crippen LogP contribution in [0.5, 0.6) is 0 Å². The predicted molar refractivity (Wildman–Crippen MR) is 128 cm³/mol. The lowest BCUT2D eigenvalue weighted by Gasteiger charge is -2.12. The van der Waals surface area contributed by atoms with Gasteiger partial charge in [0.05, 0.1) is 34.0 Å². The number of rotatable bonds is 3. The van der Waals surface area contributed by atoms with Crippen molar-refractivity contribution in [3.63, 3.8) is 0 Å². The van der Waals surface area contributed by atoms with E-state index in [2.05, 4.69) is 57.9 Å². The Morgan fingerprint density at radius 3 is 1.94 bits per heavy atom. The van der Waals surface area contributed by atoms with Crippen LogP contribution in [-0.4, -0.2) is 24.5 Å². The minimum Gasteiger partial charge on any atom is -0.294 e. The minimum absolute atomic E-state index is 0.793. The summed E-state index contributed by atoms with van der Waals surface area (Å²) in [5, 5.41) is 2.31. The lowest BCUT2D eigenvalue weighted by molar-refractivity contribution is 1.11. The maximum absolute atomic E-state index is 4.90. The summed E-state index contributed by atoms with van der Waals surface area (Å²) >= 11 is 0. The van der Waals surface area contributed by atoms with Gasteiger partial charge in [0.1, 0.15) is 5.65 Å². The molecule has 0 atom stereocenters. The molecule has 152 valence electrons. The fourth-order valence-electron chi connectivity index (χ4n) is 4.16. The van der Waals surface area contributed by atoms with Crippen LogP contribution in [0, 0.1) is 6.92 Å². The molecule has 0 aliphatic heterocycles. The SMILES string of the molecule is Cc1ccc2c(c1)c1cccnc1n2-c1cc(-c2ccccn2)nc(-c2ccccn2)c1. The van der Waals surface area contributed by atoms with Gasteiger partial charge in [0.15, 0.2) is 0 Å². The van der Waals surface area contributed by atoms with E-state index in [0.29, 0.717) is 0 Å². The van der Waals surface area contributed by atoms with Crippen LogP contribution in [0.4, 0.5) is 0 Å². The van der Waals surface area contributed by atoms with Gasteiger partial charge in [-0.15, -0.1) is 0 Å². The number of hydrogen-bond acceptors (Lipinski definition) is 4. The predicted octanol–water partition coefficient (Wildman–Crippen LogP) is 6.01. The highest BCUT2D eigenvalue weighted by atomic mass is 15.0. The average Bonchev–Trinajstić information content (AvgIpc) is 3.18. The zero-order chi connectivity index (χ0) is 21.5. The Morgan fingerprint density at radius 2 is 1.28 bits per heavy atom. The summed E-state index contributed by atoms with van der Waals surface area (Å²) < 4.78 is 2.20. The molecule has 6 aromatic rings. The highest BCUT2D eigenvalue weighted by Crippen LogP contribution is 2.33. The van der Waals surface area contributed by atoms with Gasteiger partial charge in [-0.2, -0.15) is 0 Å². The van der Waals surface area contributed by atoms with E-state index in [9.17, 15) is 0 Å². The minimum atomic E-state index is 0.793. The molecule has 1 aromatic carbocycles. The Kier molecular flexibility index (Phi) is 4.25. The first kappa shape index (κ1) is 18.4. The van der Waals surface area contributed by atoms with Gasteiger partial charge in [-0.05, 0) is 67.6 Å². The second kappa shape index (κ2) is 7.39. The first-order valence-electron chi connectivity index (χ1n) is 10.5. The largest absolute Gasteiger partial charge is 0.294 e. The molecule has 32 heavy (non-hydrogen) atoms. The van der Waals surface area contributed by atoms with Gasteiger partial charge >= 0.3 is 0 Å². The third kappa shape index (κ3) is 3.03. The lowest BCUT2D eigenvalue weighted by Crippen LogP contribution is -2.00. The van der Waals surface area contributed by atoms with E-state index in [1.165, 1.54) is 10.9 Å². The maximum Gasteiger partial charge on any atom is 0.145 e. The van der Waals surface area contributed by atoms with Crippen LogP contribution < -0.4 is 0 Å². The van der Waals surface area contributed by atoms with Gasteiger partial charge in [-0.25, -0.2) is 9.97 Å². The monoisotopic (exact) mass is 413 g/mol. The number of pyridine rings is 4. The molecule has 0 N–H and O–H groups in total. The van der Waals surface area contributed by atoms with Gasteiger partial charge < -0.3 is 0 Å². The number of aryl methyl sites for hydroxylation is 1. The molecule has 0 saturated carbocycles. The van der Waals surface area contributed by atoms with Crippen LogP contribution >= 0.6 is 0 Å². The molecule has 0 radical (unpaired) electrons. The van der Waals surface area contributed by atoms with Gasteiger partial charge in [0.2, 0.25) is 0 Å². The Balaban J connectivity index is 1.70. The van der Waals surface area contributed by atoms with E-state index in [0.717, 1.165) is 45.0 Å². The molecule has 0 bridgehead atoms. The van der Waals surface area contributed by atoms with Crippen LogP contribution in [0.25, 0.3) is 50.4 Å². The van der Waals surface area contributed by atoms with E-state index in [1.54, 1.807) is 12.4 Å². The average molecular weight is 413 g/mol. The van der Waals surface area contributed by atoms with Crippen molar-refractivity contribution in [2.45, 2.75) is 6.92 Å². The molecule has 0 unspecified atom stereocenters. The molecule has 0 aliphatic carbocycles. The van der Waals surface area contributed by atoms with Crippen molar-refractivity contribution in [3.05, 3.63) is 103 Å². The fourth-order valence-corrected chi connectivity index (χ4v) is 4.16. The molecule has 5 heterocycles. The molecule has 5 heteroatoms. The van der Waals surface area contributed by atoms with Crippen molar-refractivity contribution in [1.29, 1.82) is 0 Å². The highest BCUT2D eigenvalue weighted by Gasteiger charge is 2.16. The van der Waals surface area contributed by atoms with Crippen molar-refractivity contribution < 1.29 is 0 Å². The van der Waals surface area contributed by atoms with Crippen molar-refractivity contribution in [1.82, 2.24) is 24.5 Å². The fraction of sp³-hybridized carbons (Fsp3) is 0.0370. The Morgan fingerprint density at radius 1 is 0.594 bits per heavy atom. The van der Waals surface area contributed by atoms with Crippen molar-refractivity contribution in [3.8, 4) is 28.5 Å². The van der Waals surface area contributed by atoms with Crippen LogP contribution in [-0.2, 0) is 0 Å². The van der Waals surface area contributed by atoms with Gasteiger partial charge in [-0.1, -0.05) is 23.8 Å². The first-order valence-corrected chi connectivity index (χ1v) is 10.5. The molecule has 0 aliphatic rings. The summed E-state index contributed by atoms with van der Waals surface area (Å²) in [5.41, 5.74) is 7.44. The standard InChI is InChI=1S/C27H19N5/c1-18-10-11-26-21(15-18)20-7-6-14-30-27(20)32(26)19-16-24(22-8-2-4-12-28-22)31-25(17-19)23-9-3-5-13-29-23/h2-17H,1H3. The van der Waals surface area contributed by atoms with Crippen molar-refractivity contribution >= 4 is 21.9 Å². The van der Waals surface area contributed by atoms with E-state index >= 15 is 0 Å². The molecular formula is C27H19N5. The molecule has 0 amide bonds. The second-order valence-electron chi connectivity index (χ2n) is 7.76. The van der Waals surface area contributed by atoms with Crippen LogP contribution in [0.1, 0.15) is 5.56 Å². The van der Waals surface area contributed by atoms with Gasteiger partial charge in [-0.3, -0.25) is 14.5 Å². The van der Waals surface area contributed by atoms with Crippen molar-refractivity contribution in [2.24, 2.45) is 0 Å². The van der Waals surface area contributed by atoms with E-state index in [4.69, 9.17) is 9.97 Å². The number of fused-ring (bicyclic) bond motifs is 3. The topological polar surface area (TPSA) is 56.5 Å². The molecule has 0 spiro atoms. The molecule has 0 saturated heterocycles. The van der Waals surface area contributed by atoms with Gasteiger partial charge in [0, 0.05) is 29.4 Å². The number of benzene rings is 1. The maximum atomic E-state index is 4.90. The number of nitrogens with zero attached hydrogens (tertiary/aromatic N) is 5. The lowest BCUT2D eigenvalue weighted by atomic mass is 10.1. The highest BCUT2D eigenvalue weighted by molar-refractivity contribution is 6.08. The molecular weight excluding hydrogens is 394 g/mol. The number of aromatic nitrogens is 5. The van der Waals surface area contributed by atoms with Crippen molar-refractivity contribution in [2.75, 3.05) is 0 Å². The summed E-state index contributed by atoms with van der Waals surface area (Å²) in [6.07, 6.45) is 5.41. The second-order valence-corrected chi connectivity index (χ2v) is 7.76. The molecule has 5 nitrogen and oxygen atoms in total. The zero-order valence-electron chi connectivity index (χ0n) is 17.5. The molecule has 6 rings (SSSR count). The van der Waals surface area contributed by atoms with Crippen LogP contribution in [0.15, 0.2) is 97.5 Å². The normalized spacial score (nSPS) is 11.3. The third-order valence-corrected chi connectivity index (χ3v) is 5.60. The zero-order valence-corrected chi connectivity index (χ0v) is 17.5. The number of hydrogen-bond donors (Lipinski definition) is 0. The molecule has 0 fully saturated rings. The Labute approximate surface area is 185 Å². The summed E-state index contributed by atoms with van der Waals surface area (Å²) in [6.45, 7) is 2.11. The Bertz CT molecular complexity index is 1510. The summed E-state index contributed by atoms with van der Waals surface area (Å²) in [4.78, 5) is 18.7. The van der Waals surface area contributed by atoms with E-state index in [1.807, 2.05) is 48.7 Å². The summed E-state index contributed by atoms with van der Waals surface area (Å²) in [6, 6.07) is 26.5. The van der Waals surface area contributed by atoms with Crippen LogP contribution in [0.3, 0.4) is 0 Å². The van der Waals surface area contributed by atoms with E-state index in [-0.39, 0.29) is 0 Å². The summed E-state index contributed by atoms with van der Waals surface area (Å²) in [7, 11) is 0. The van der Waals surface area contributed by atoms with E-state index < -0.39 is 0 Å². The van der Waals surface area contributed by atoms with Gasteiger partial charge in [0.25, 0.3) is 0 Å².